The molecule has 1 aliphatic rings. The zero-order valence-electron chi connectivity index (χ0n) is 7.17. The summed E-state index contributed by atoms with van der Waals surface area (Å²) in [5, 5.41) is 0. The molecule has 2 heteroatoms. The van der Waals surface area contributed by atoms with Gasteiger partial charge < -0.3 is 5.73 Å². The van der Waals surface area contributed by atoms with E-state index in [4.69, 9.17) is 5.73 Å². The van der Waals surface area contributed by atoms with Crippen LogP contribution in [0.1, 0.15) is 27.2 Å². The van der Waals surface area contributed by atoms with Gasteiger partial charge in [0, 0.05) is 24.7 Å². The molecule has 0 saturated carbocycles. The molecule has 0 unspecified atom stereocenters. The molecule has 0 aromatic carbocycles. The van der Waals surface area contributed by atoms with Crippen LogP contribution in [0, 0.1) is 0 Å². The number of nitrogens with zero attached hydrogens (tertiary/aromatic N) is 1. The lowest BCUT2D eigenvalue weighted by atomic mass is 10.2. The van der Waals surface area contributed by atoms with E-state index in [0.717, 1.165) is 13.0 Å². The lowest BCUT2D eigenvalue weighted by Gasteiger charge is -2.24. The van der Waals surface area contributed by atoms with Crippen LogP contribution in [0.3, 0.4) is 0 Å². The molecule has 10 heavy (non-hydrogen) atoms. The summed E-state index contributed by atoms with van der Waals surface area (Å²) in [6, 6.07) is 1.76. The maximum absolute atomic E-state index is 5.81. The maximum atomic E-state index is 5.81. The Morgan fingerprint density at radius 3 is 2.30 bits per heavy atom. The van der Waals surface area contributed by atoms with Crippen molar-refractivity contribution in [3.63, 3.8) is 0 Å². The van der Waals surface area contributed by atoms with E-state index in [-0.39, 0.29) is 0 Å². The maximum Gasteiger partial charge on any atom is 0.0182 e. The molecule has 1 fully saturated rings. The fraction of sp³-hybridized carbons (Fsp3) is 1.00. The van der Waals surface area contributed by atoms with Gasteiger partial charge in [0.2, 0.25) is 0 Å². The van der Waals surface area contributed by atoms with Crippen LogP contribution in [0.4, 0.5) is 0 Å². The second-order valence-electron chi connectivity index (χ2n) is 3.64. The van der Waals surface area contributed by atoms with E-state index in [1.165, 1.54) is 0 Å². The van der Waals surface area contributed by atoms with Crippen molar-refractivity contribution >= 4 is 0 Å². The van der Waals surface area contributed by atoms with E-state index in [1.807, 2.05) is 0 Å². The molecule has 1 aliphatic heterocycles. The molecule has 0 aromatic heterocycles. The van der Waals surface area contributed by atoms with Crippen molar-refractivity contribution in [1.29, 1.82) is 0 Å². The van der Waals surface area contributed by atoms with E-state index >= 15 is 0 Å². The van der Waals surface area contributed by atoms with E-state index in [2.05, 4.69) is 25.7 Å². The van der Waals surface area contributed by atoms with Gasteiger partial charge in [-0.1, -0.05) is 0 Å². The highest BCUT2D eigenvalue weighted by Crippen LogP contribution is 2.17. The Bertz CT molecular complexity index is 112. The van der Waals surface area contributed by atoms with Crippen LogP contribution in [0.15, 0.2) is 0 Å². The zero-order chi connectivity index (χ0) is 7.72. The van der Waals surface area contributed by atoms with Crippen LogP contribution in [0.25, 0.3) is 0 Å². The molecule has 0 spiro atoms. The summed E-state index contributed by atoms with van der Waals surface area (Å²) in [7, 11) is 0. The fourth-order valence-corrected chi connectivity index (χ4v) is 1.82. The smallest absolute Gasteiger partial charge is 0.0182 e. The highest BCUT2D eigenvalue weighted by Gasteiger charge is 2.27. The second-order valence-corrected chi connectivity index (χ2v) is 3.64. The van der Waals surface area contributed by atoms with Crippen molar-refractivity contribution < 1.29 is 0 Å². The van der Waals surface area contributed by atoms with Crippen LogP contribution in [-0.4, -0.2) is 29.6 Å². The third-order valence-electron chi connectivity index (χ3n) is 2.32. The average molecular weight is 142 g/mol. The quantitative estimate of drug-likeness (QED) is 0.587. The largest absolute Gasteiger partial charge is 0.326 e. The van der Waals surface area contributed by atoms with Gasteiger partial charge in [-0.3, -0.25) is 4.90 Å². The van der Waals surface area contributed by atoms with Crippen molar-refractivity contribution in [3.8, 4) is 0 Å². The number of nitrogens with two attached hydrogens (primary N) is 1. The highest BCUT2D eigenvalue weighted by atomic mass is 15.2. The standard InChI is InChI=1S/C8H18N2/c1-6(2)10-5-8(9)4-7(10)3/h6-8H,4-5,9H2,1-3H3/t7-,8+/m1/s1. The van der Waals surface area contributed by atoms with Gasteiger partial charge in [-0.15, -0.1) is 0 Å². The average Bonchev–Trinajstić information content (AvgIpc) is 2.10. The topological polar surface area (TPSA) is 29.3 Å². The molecule has 0 aliphatic carbocycles. The molecule has 0 amide bonds. The van der Waals surface area contributed by atoms with Crippen LogP contribution in [-0.2, 0) is 0 Å². The molecule has 1 heterocycles. The molecular weight excluding hydrogens is 124 g/mol. The molecule has 1 saturated heterocycles. The molecule has 0 bridgehead atoms. The first-order chi connectivity index (χ1) is 4.61. The predicted molar refractivity (Wildman–Crippen MR) is 43.9 cm³/mol. The highest BCUT2D eigenvalue weighted by molar-refractivity contribution is 4.86. The Morgan fingerprint density at radius 1 is 1.50 bits per heavy atom. The summed E-state index contributed by atoms with van der Waals surface area (Å²) < 4.78 is 0. The predicted octanol–water partition coefficient (Wildman–Crippen LogP) is 0.816. The first-order valence-corrected chi connectivity index (χ1v) is 4.12. The summed E-state index contributed by atoms with van der Waals surface area (Å²) in [6.07, 6.45) is 1.16. The van der Waals surface area contributed by atoms with Gasteiger partial charge >= 0.3 is 0 Å². The molecule has 2 nitrogen and oxygen atoms in total. The van der Waals surface area contributed by atoms with Gasteiger partial charge in [-0.2, -0.15) is 0 Å². The summed E-state index contributed by atoms with van der Waals surface area (Å²) in [6.45, 7) is 7.80. The Morgan fingerprint density at radius 2 is 2.10 bits per heavy atom. The third kappa shape index (κ3) is 1.50. The molecule has 1 rings (SSSR count). The van der Waals surface area contributed by atoms with Gasteiger partial charge in [-0.05, 0) is 27.2 Å². The van der Waals surface area contributed by atoms with Crippen molar-refractivity contribution in [2.24, 2.45) is 5.73 Å². The van der Waals surface area contributed by atoms with Gasteiger partial charge in [0.15, 0.2) is 0 Å². The first-order valence-electron chi connectivity index (χ1n) is 4.12. The fourth-order valence-electron chi connectivity index (χ4n) is 1.82. The van der Waals surface area contributed by atoms with Crippen molar-refractivity contribution in [2.75, 3.05) is 6.54 Å². The minimum absolute atomic E-state index is 0.414. The number of rotatable bonds is 1. The Balaban J connectivity index is 2.46. The molecule has 2 atom stereocenters. The molecule has 0 radical (unpaired) electrons. The third-order valence-corrected chi connectivity index (χ3v) is 2.32. The van der Waals surface area contributed by atoms with Gasteiger partial charge in [0.25, 0.3) is 0 Å². The summed E-state index contributed by atoms with van der Waals surface area (Å²) in [5.74, 6) is 0. The van der Waals surface area contributed by atoms with Crippen LogP contribution >= 0.6 is 0 Å². The van der Waals surface area contributed by atoms with E-state index in [1.54, 1.807) is 0 Å². The lowest BCUT2D eigenvalue weighted by Crippen LogP contribution is -2.35. The van der Waals surface area contributed by atoms with E-state index in [0.29, 0.717) is 18.1 Å². The second kappa shape index (κ2) is 2.89. The summed E-state index contributed by atoms with van der Waals surface area (Å²) in [4.78, 5) is 2.46. The summed E-state index contributed by atoms with van der Waals surface area (Å²) >= 11 is 0. The minimum Gasteiger partial charge on any atom is -0.326 e. The van der Waals surface area contributed by atoms with Gasteiger partial charge in [0.1, 0.15) is 0 Å². The molecule has 2 N–H and O–H groups in total. The Kier molecular flexibility index (Phi) is 2.32. The van der Waals surface area contributed by atoms with E-state index in [9.17, 15) is 0 Å². The number of hydrogen-bond acceptors (Lipinski definition) is 2. The first kappa shape index (κ1) is 8.02. The van der Waals surface area contributed by atoms with Crippen molar-refractivity contribution in [2.45, 2.75) is 45.3 Å². The zero-order valence-corrected chi connectivity index (χ0v) is 7.17. The van der Waals surface area contributed by atoms with Gasteiger partial charge in [-0.25, -0.2) is 0 Å². The van der Waals surface area contributed by atoms with Gasteiger partial charge in [0.05, 0.1) is 0 Å². The molecule has 0 aromatic rings. The molecular formula is C8H18N2. The minimum atomic E-state index is 0.414. The summed E-state index contributed by atoms with van der Waals surface area (Å²) in [5.41, 5.74) is 5.81. The van der Waals surface area contributed by atoms with Crippen molar-refractivity contribution in [1.82, 2.24) is 4.90 Å². The normalized spacial score (nSPS) is 35.7. The van der Waals surface area contributed by atoms with Crippen LogP contribution in [0.5, 0.6) is 0 Å². The van der Waals surface area contributed by atoms with Crippen molar-refractivity contribution in [3.05, 3.63) is 0 Å². The Hall–Kier alpha value is -0.0800. The van der Waals surface area contributed by atoms with Crippen LogP contribution in [0.2, 0.25) is 0 Å². The monoisotopic (exact) mass is 142 g/mol. The lowest BCUT2D eigenvalue weighted by molar-refractivity contribution is 0.215. The number of likely N-dealkylation sites (tertiary alicyclic amines) is 1. The number of hydrogen-bond donors (Lipinski definition) is 1. The van der Waals surface area contributed by atoms with E-state index < -0.39 is 0 Å². The Labute approximate surface area is 63.4 Å². The SMILES string of the molecule is CC(C)N1C[C@@H](N)C[C@H]1C. The molecule has 60 valence electrons. The van der Waals surface area contributed by atoms with Crippen LogP contribution < -0.4 is 5.73 Å².